The topological polar surface area (TPSA) is 57.1 Å². The molecule has 0 amide bonds. The van der Waals surface area contributed by atoms with Crippen LogP contribution in [-0.2, 0) is 16.1 Å². The highest BCUT2D eigenvalue weighted by molar-refractivity contribution is 9.10. The van der Waals surface area contributed by atoms with Crippen molar-refractivity contribution in [2.45, 2.75) is 6.61 Å². The van der Waals surface area contributed by atoms with E-state index in [4.69, 9.17) is 37.4 Å². The van der Waals surface area contributed by atoms with Crippen LogP contribution in [0.5, 0.6) is 11.5 Å². The van der Waals surface area contributed by atoms with Gasteiger partial charge in [0.1, 0.15) is 6.61 Å². The zero-order chi connectivity index (χ0) is 22.7. The van der Waals surface area contributed by atoms with Crippen molar-refractivity contribution < 1.29 is 19.0 Å². The highest BCUT2D eigenvalue weighted by atomic mass is 79.9. The molecule has 0 atom stereocenters. The van der Waals surface area contributed by atoms with E-state index in [0.717, 1.165) is 10.0 Å². The minimum Gasteiger partial charge on any atom is -0.493 e. The van der Waals surface area contributed by atoms with Gasteiger partial charge in [0, 0.05) is 9.50 Å². The van der Waals surface area contributed by atoms with Crippen LogP contribution >= 0.6 is 39.1 Å². The number of rotatable bonds is 6. The van der Waals surface area contributed by atoms with Crippen LogP contribution in [-0.4, -0.2) is 19.0 Å². The van der Waals surface area contributed by atoms with Gasteiger partial charge in [0.25, 0.3) is 0 Å². The fraction of sp³-hybridized carbons (Fsp3) is 0.0833. The van der Waals surface area contributed by atoms with Crippen molar-refractivity contribution >= 4 is 57.1 Å². The number of cyclic esters (lactones) is 1. The molecule has 0 radical (unpaired) electrons. The number of methoxy groups -OCH3 is 1. The summed E-state index contributed by atoms with van der Waals surface area (Å²) in [5.74, 6) is 0.496. The lowest BCUT2D eigenvalue weighted by molar-refractivity contribution is -0.129. The van der Waals surface area contributed by atoms with Crippen molar-refractivity contribution in [2.75, 3.05) is 7.11 Å². The Balaban J connectivity index is 1.60. The van der Waals surface area contributed by atoms with Gasteiger partial charge in [0.15, 0.2) is 17.2 Å². The van der Waals surface area contributed by atoms with Crippen LogP contribution in [0.2, 0.25) is 10.0 Å². The molecule has 0 fully saturated rings. The van der Waals surface area contributed by atoms with Gasteiger partial charge in [-0.05, 0) is 69.5 Å². The molecule has 3 aromatic rings. The van der Waals surface area contributed by atoms with E-state index in [-0.39, 0.29) is 18.2 Å². The number of hydrogen-bond acceptors (Lipinski definition) is 5. The minimum atomic E-state index is -0.549. The number of aliphatic imine (C=N–C) groups is 1. The Morgan fingerprint density at radius 2 is 1.91 bits per heavy atom. The van der Waals surface area contributed by atoms with Crippen LogP contribution in [0.25, 0.3) is 6.08 Å². The zero-order valence-electron chi connectivity index (χ0n) is 16.8. The summed E-state index contributed by atoms with van der Waals surface area (Å²) in [7, 11) is 1.52. The monoisotopic (exact) mass is 531 g/mol. The molecule has 162 valence electrons. The molecule has 3 aromatic carbocycles. The molecule has 0 N–H and O–H groups in total. The molecule has 32 heavy (non-hydrogen) atoms. The van der Waals surface area contributed by atoms with E-state index < -0.39 is 5.97 Å². The molecule has 4 rings (SSSR count). The van der Waals surface area contributed by atoms with E-state index in [2.05, 4.69) is 20.9 Å². The smallest absolute Gasteiger partial charge is 0.363 e. The van der Waals surface area contributed by atoms with Crippen LogP contribution in [0.1, 0.15) is 16.7 Å². The first-order valence-corrected chi connectivity index (χ1v) is 11.0. The predicted molar refractivity (Wildman–Crippen MR) is 129 cm³/mol. The lowest BCUT2D eigenvalue weighted by Gasteiger charge is -2.13. The van der Waals surface area contributed by atoms with Crippen molar-refractivity contribution in [3.05, 3.63) is 97.6 Å². The Bertz CT molecular complexity index is 1260. The van der Waals surface area contributed by atoms with Gasteiger partial charge >= 0.3 is 5.97 Å². The van der Waals surface area contributed by atoms with Crippen molar-refractivity contribution in [3.63, 3.8) is 0 Å². The SMILES string of the molecule is COc1cc(/C=C2\N=C(c3ccccc3Br)OC2=O)cc(Cl)c1OCc1cccc(Cl)c1. The molecule has 0 saturated heterocycles. The van der Waals surface area contributed by atoms with Crippen LogP contribution in [0.15, 0.2) is 75.8 Å². The lowest BCUT2D eigenvalue weighted by atomic mass is 10.1. The molecule has 8 heteroatoms. The number of nitrogens with zero attached hydrogens (tertiary/aromatic N) is 1. The first-order valence-electron chi connectivity index (χ1n) is 9.47. The third-order valence-corrected chi connectivity index (χ3v) is 5.76. The summed E-state index contributed by atoms with van der Waals surface area (Å²) < 4.78 is 17.4. The van der Waals surface area contributed by atoms with Gasteiger partial charge in [-0.3, -0.25) is 0 Å². The van der Waals surface area contributed by atoms with Crippen molar-refractivity contribution in [2.24, 2.45) is 4.99 Å². The van der Waals surface area contributed by atoms with E-state index in [0.29, 0.717) is 32.7 Å². The van der Waals surface area contributed by atoms with Gasteiger partial charge in [0.2, 0.25) is 5.90 Å². The van der Waals surface area contributed by atoms with E-state index in [9.17, 15) is 4.79 Å². The Morgan fingerprint density at radius 1 is 1.09 bits per heavy atom. The molecule has 0 aromatic heterocycles. The molecule has 5 nitrogen and oxygen atoms in total. The Morgan fingerprint density at radius 3 is 2.66 bits per heavy atom. The molecule has 0 spiro atoms. The normalized spacial score (nSPS) is 14.3. The average molecular weight is 533 g/mol. The van der Waals surface area contributed by atoms with E-state index in [1.54, 1.807) is 24.3 Å². The number of carbonyl (C=O) groups excluding carboxylic acids is 1. The summed E-state index contributed by atoms with van der Waals surface area (Å²) in [6, 6.07) is 18.1. The summed E-state index contributed by atoms with van der Waals surface area (Å²) in [5, 5.41) is 0.955. The summed E-state index contributed by atoms with van der Waals surface area (Å²) in [6.07, 6.45) is 1.58. The summed E-state index contributed by atoms with van der Waals surface area (Å²) in [6.45, 7) is 0.267. The number of hydrogen-bond donors (Lipinski definition) is 0. The summed E-state index contributed by atoms with van der Waals surface area (Å²) >= 11 is 15.9. The maximum Gasteiger partial charge on any atom is 0.363 e. The zero-order valence-corrected chi connectivity index (χ0v) is 19.9. The maximum absolute atomic E-state index is 12.3. The van der Waals surface area contributed by atoms with Gasteiger partial charge in [0.05, 0.1) is 17.7 Å². The molecule has 1 aliphatic rings. The number of carbonyl (C=O) groups is 1. The van der Waals surface area contributed by atoms with E-state index in [1.807, 2.05) is 42.5 Å². The second-order valence-electron chi connectivity index (χ2n) is 6.77. The largest absolute Gasteiger partial charge is 0.493 e. The molecule has 1 aliphatic heterocycles. The number of esters is 1. The van der Waals surface area contributed by atoms with Gasteiger partial charge in [-0.25, -0.2) is 9.79 Å². The number of ether oxygens (including phenoxy) is 3. The molecular formula is C24H16BrCl2NO4. The van der Waals surface area contributed by atoms with Gasteiger partial charge in [-0.1, -0.05) is 47.5 Å². The third kappa shape index (κ3) is 4.99. The van der Waals surface area contributed by atoms with Crippen molar-refractivity contribution in [3.8, 4) is 11.5 Å². The Hall–Kier alpha value is -2.80. The Kier molecular flexibility index (Phi) is 6.84. The fourth-order valence-electron chi connectivity index (χ4n) is 3.06. The van der Waals surface area contributed by atoms with Crippen LogP contribution in [0.3, 0.4) is 0 Å². The molecule has 1 heterocycles. The van der Waals surface area contributed by atoms with Gasteiger partial charge < -0.3 is 14.2 Å². The number of benzene rings is 3. The van der Waals surface area contributed by atoms with Crippen molar-refractivity contribution in [1.82, 2.24) is 0 Å². The second-order valence-corrected chi connectivity index (χ2v) is 8.47. The molecule has 0 aliphatic carbocycles. The van der Waals surface area contributed by atoms with Crippen LogP contribution in [0.4, 0.5) is 0 Å². The Labute approximate surface area is 203 Å². The quantitative estimate of drug-likeness (QED) is 0.262. The maximum atomic E-state index is 12.3. The first kappa shape index (κ1) is 22.4. The van der Waals surface area contributed by atoms with Gasteiger partial charge in [-0.15, -0.1) is 0 Å². The lowest BCUT2D eigenvalue weighted by Crippen LogP contribution is -2.05. The van der Waals surface area contributed by atoms with E-state index >= 15 is 0 Å². The number of halogens is 3. The summed E-state index contributed by atoms with van der Waals surface area (Å²) in [4.78, 5) is 16.7. The average Bonchev–Trinajstić information content (AvgIpc) is 3.13. The molecule has 0 saturated carbocycles. The third-order valence-electron chi connectivity index (χ3n) is 4.55. The fourth-order valence-corrected chi connectivity index (χ4v) is 4.00. The standard InChI is InChI=1S/C24H16BrCl2NO4/c1-30-21-12-15(10-19(27)22(21)31-13-14-5-4-6-16(26)9-14)11-20-24(29)32-23(28-20)17-7-2-3-8-18(17)25/h2-12H,13H2,1H3/b20-11-. The van der Waals surface area contributed by atoms with E-state index in [1.165, 1.54) is 7.11 Å². The molecular weight excluding hydrogens is 517 g/mol. The minimum absolute atomic E-state index is 0.154. The summed E-state index contributed by atoms with van der Waals surface area (Å²) in [5.41, 5.74) is 2.35. The molecule has 0 bridgehead atoms. The van der Waals surface area contributed by atoms with Crippen molar-refractivity contribution in [1.29, 1.82) is 0 Å². The first-order chi connectivity index (χ1) is 15.4. The second kappa shape index (κ2) is 9.77. The van der Waals surface area contributed by atoms with Gasteiger partial charge in [-0.2, -0.15) is 0 Å². The predicted octanol–water partition coefficient (Wildman–Crippen LogP) is 6.69. The molecule has 0 unspecified atom stereocenters. The highest BCUT2D eigenvalue weighted by Crippen LogP contribution is 2.38. The van der Waals surface area contributed by atoms with Crippen LogP contribution in [0, 0.1) is 0 Å². The van der Waals surface area contributed by atoms with Crippen LogP contribution < -0.4 is 9.47 Å². The highest BCUT2D eigenvalue weighted by Gasteiger charge is 2.25.